The van der Waals surface area contributed by atoms with E-state index in [1.165, 1.54) is 23.5 Å². The second-order valence-electron chi connectivity index (χ2n) is 10.2. The van der Waals surface area contributed by atoms with Crippen molar-refractivity contribution < 1.29 is 17.1 Å². The van der Waals surface area contributed by atoms with Gasteiger partial charge in [-0.1, -0.05) is 71.2 Å². The Kier molecular flexibility index (Phi) is 10.0. The molecule has 2 fully saturated rings. The molecule has 0 spiro atoms. The molecule has 0 aromatic rings. The third-order valence-corrected chi connectivity index (χ3v) is 14.4. The van der Waals surface area contributed by atoms with Crippen molar-refractivity contribution in [2.45, 2.75) is 90.9 Å². The molecule has 0 amide bonds. The fourth-order valence-corrected chi connectivity index (χ4v) is 11.5. The predicted molar refractivity (Wildman–Crippen MR) is 132 cm³/mol. The maximum Gasteiger partial charge on any atom is 2.00 e. The molecule has 4 atom stereocenters. The summed E-state index contributed by atoms with van der Waals surface area (Å²) in [6.07, 6.45) is 9.20. The van der Waals surface area contributed by atoms with Crippen LogP contribution < -0.4 is 0 Å². The van der Waals surface area contributed by atoms with Gasteiger partial charge in [-0.05, 0) is 59.1 Å². The molecule has 4 rings (SSSR count). The van der Waals surface area contributed by atoms with Crippen molar-refractivity contribution in [3.05, 3.63) is 57.2 Å². The van der Waals surface area contributed by atoms with Gasteiger partial charge in [0.2, 0.25) is 0 Å². The predicted octanol–water partition coefficient (Wildman–Crippen LogP) is 8.17. The van der Waals surface area contributed by atoms with E-state index in [0.717, 1.165) is 46.3 Å². The number of hydrogen-bond acceptors (Lipinski definition) is 0. The summed E-state index contributed by atoms with van der Waals surface area (Å²) in [4.78, 5) is 0. The summed E-state index contributed by atoms with van der Waals surface area (Å²) in [5.74, 6) is 3.18. The molecule has 0 bridgehead atoms. The molecule has 2 saturated heterocycles. The Morgan fingerprint density at radius 1 is 0.613 bits per heavy atom. The molecule has 0 aromatic carbocycles. The van der Waals surface area contributed by atoms with Crippen LogP contribution in [-0.4, -0.2) is 22.6 Å². The average molecular weight is 490 g/mol. The van der Waals surface area contributed by atoms with Gasteiger partial charge in [-0.2, -0.15) is 0 Å². The number of rotatable bonds is 6. The molecule has 4 aliphatic rings. The van der Waals surface area contributed by atoms with Crippen LogP contribution in [0.2, 0.25) is 0 Å². The SMILES string of the molecule is CC(C)[C@H]1C[C@H](C(C)C)P1C1=C=C=C=[C-]1.CC(C)[C@H]1C[C@H](C(C)C)P1C1=C=C=C=[C-]1.[Fe+2]. The Morgan fingerprint density at radius 3 is 1.10 bits per heavy atom. The van der Waals surface area contributed by atoms with E-state index in [0.29, 0.717) is 0 Å². The summed E-state index contributed by atoms with van der Waals surface area (Å²) in [5, 5.41) is 2.57. The Bertz CT molecular complexity index is 823. The van der Waals surface area contributed by atoms with Crippen molar-refractivity contribution in [3.8, 4) is 0 Å². The maximum atomic E-state index is 3.20. The van der Waals surface area contributed by atoms with Gasteiger partial charge in [0.1, 0.15) is 0 Å². The first-order valence-corrected chi connectivity index (χ1v) is 14.5. The van der Waals surface area contributed by atoms with Crippen LogP contribution in [0.3, 0.4) is 0 Å². The molecule has 0 nitrogen and oxygen atoms in total. The van der Waals surface area contributed by atoms with Crippen LogP contribution in [0, 0.1) is 35.8 Å². The van der Waals surface area contributed by atoms with E-state index < -0.39 is 0 Å². The molecule has 0 radical (unpaired) electrons. The van der Waals surface area contributed by atoms with Gasteiger partial charge >= 0.3 is 17.1 Å². The van der Waals surface area contributed by atoms with E-state index in [-0.39, 0.29) is 32.9 Å². The first-order chi connectivity index (χ1) is 14.2. The van der Waals surface area contributed by atoms with Crippen LogP contribution in [0.4, 0.5) is 0 Å². The monoisotopic (exact) mass is 490 g/mol. The zero-order valence-corrected chi connectivity index (χ0v) is 23.2. The van der Waals surface area contributed by atoms with Crippen LogP contribution in [0.5, 0.6) is 0 Å². The van der Waals surface area contributed by atoms with E-state index >= 15 is 0 Å². The molecule has 2 aliphatic heterocycles. The Hall–Kier alpha value is -0.461. The van der Waals surface area contributed by atoms with Gasteiger partial charge in [0.15, 0.2) is 0 Å². The maximum absolute atomic E-state index is 3.20. The summed E-state index contributed by atoms with van der Waals surface area (Å²) >= 11 is 0. The molecule has 0 N–H and O–H groups in total. The fourth-order valence-electron chi connectivity index (χ4n) is 4.88. The van der Waals surface area contributed by atoms with E-state index in [1.807, 2.05) is 0 Å². The van der Waals surface area contributed by atoms with Gasteiger partial charge in [0.05, 0.1) is 0 Å². The fraction of sp³-hybridized carbons (Fsp3) is 0.643. The van der Waals surface area contributed by atoms with Gasteiger partial charge < -0.3 is 0 Å². The Morgan fingerprint density at radius 2 is 0.903 bits per heavy atom. The average Bonchev–Trinajstić information content (AvgIpc) is 3.26. The minimum absolute atomic E-state index is 0. The number of allylic oxidation sites excluding steroid dienone is 4. The van der Waals surface area contributed by atoms with Crippen molar-refractivity contribution in [1.82, 2.24) is 0 Å². The van der Waals surface area contributed by atoms with Crippen LogP contribution in [0.15, 0.2) is 45.0 Å². The Labute approximate surface area is 204 Å². The van der Waals surface area contributed by atoms with E-state index in [2.05, 4.69) is 102 Å². The smallest absolute Gasteiger partial charge is 0.286 e. The third-order valence-electron chi connectivity index (χ3n) is 6.84. The summed E-state index contributed by atoms with van der Waals surface area (Å²) in [6, 6.07) is 0. The van der Waals surface area contributed by atoms with Crippen molar-refractivity contribution in [1.29, 1.82) is 0 Å². The van der Waals surface area contributed by atoms with Gasteiger partial charge in [-0.3, -0.25) is 22.9 Å². The van der Waals surface area contributed by atoms with Crippen LogP contribution in [0.1, 0.15) is 68.2 Å². The van der Waals surface area contributed by atoms with Crippen molar-refractivity contribution in [2.24, 2.45) is 23.7 Å². The minimum Gasteiger partial charge on any atom is -0.286 e. The van der Waals surface area contributed by atoms with E-state index in [4.69, 9.17) is 0 Å². The molecule has 166 valence electrons. The quantitative estimate of drug-likeness (QED) is 0.153. The Balaban J connectivity index is 0.000000213. The third kappa shape index (κ3) is 5.92. The van der Waals surface area contributed by atoms with Gasteiger partial charge in [0, 0.05) is 0 Å². The van der Waals surface area contributed by atoms with Crippen LogP contribution in [0.25, 0.3) is 0 Å². The standard InChI is InChI=1S/2C14H18P.Fe/c2*1-10(2)13-9-14(11(3)4)15(13)12-7-5-6-8-12;/h2*10-11,13-14H,9H2,1-4H3;/q2*-1;+2/t2*13-,14-;/m11./s1. The van der Waals surface area contributed by atoms with Crippen molar-refractivity contribution >= 4 is 15.8 Å². The summed E-state index contributed by atoms with van der Waals surface area (Å²) in [5.41, 5.74) is 21.6. The second kappa shape index (κ2) is 11.6. The molecule has 2 heterocycles. The van der Waals surface area contributed by atoms with Gasteiger partial charge in [-0.25, -0.2) is 11.5 Å². The summed E-state index contributed by atoms with van der Waals surface area (Å²) in [7, 11) is -0.0705. The van der Waals surface area contributed by atoms with E-state index in [9.17, 15) is 0 Å². The van der Waals surface area contributed by atoms with Crippen molar-refractivity contribution in [3.63, 3.8) is 0 Å². The minimum atomic E-state index is -0.0352. The molecular formula is C28H36FeP2. The first kappa shape index (κ1) is 26.8. The molecule has 31 heavy (non-hydrogen) atoms. The molecule has 0 unspecified atom stereocenters. The normalized spacial score (nSPS) is 28.1. The molecule has 0 saturated carbocycles. The largest absolute Gasteiger partial charge is 2.00 e. The summed E-state index contributed by atoms with van der Waals surface area (Å²) < 4.78 is 0. The van der Waals surface area contributed by atoms with Gasteiger partial charge in [0.25, 0.3) is 0 Å². The first-order valence-electron chi connectivity index (χ1n) is 11.6. The van der Waals surface area contributed by atoms with Crippen molar-refractivity contribution in [2.75, 3.05) is 0 Å². The van der Waals surface area contributed by atoms with Gasteiger partial charge in [-0.15, -0.1) is 22.8 Å². The zero-order chi connectivity index (χ0) is 22.0. The zero-order valence-electron chi connectivity index (χ0n) is 20.3. The second-order valence-corrected chi connectivity index (χ2v) is 15.4. The van der Waals surface area contributed by atoms with Crippen LogP contribution >= 0.6 is 15.8 Å². The van der Waals surface area contributed by atoms with E-state index in [1.54, 1.807) is 0 Å². The molecular weight excluding hydrogens is 454 g/mol. The molecule has 3 heteroatoms. The topological polar surface area (TPSA) is 0 Å². The molecule has 2 aliphatic carbocycles. The number of hydrogen-bond donors (Lipinski definition) is 0. The van der Waals surface area contributed by atoms with Crippen LogP contribution in [-0.2, 0) is 17.1 Å². The molecule has 0 aromatic heterocycles. The summed E-state index contributed by atoms with van der Waals surface area (Å²) in [6.45, 7) is 18.7.